The molecule has 0 saturated carbocycles. The van der Waals surface area contributed by atoms with Crippen molar-refractivity contribution in [3.8, 4) is 0 Å². The van der Waals surface area contributed by atoms with Crippen LogP contribution in [0.25, 0.3) is 0 Å². The molecule has 0 saturated heterocycles. The molecule has 1 aromatic carbocycles. The van der Waals surface area contributed by atoms with E-state index in [4.69, 9.17) is 0 Å². The second kappa shape index (κ2) is 6.84. The van der Waals surface area contributed by atoms with E-state index in [0.29, 0.717) is 12.5 Å². The highest BCUT2D eigenvalue weighted by Gasteiger charge is 2.01. The molecular formula is C15H18FN3O. The summed E-state index contributed by atoms with van der Waals surface area (Å²) in [5.41, 5.74) is 1.68. The summed E-state index contributed by atoms with van der Waals surface area (Å²) in [6, 6.07) is 7.91. The fourth-order valence-electron chi connectivity index (χ4n) is 1.95. The second-order valence-corrected chi connectivity index (χ2v) is 4.64. The minimum absolute atomic E-state index is 0.146. The molecule has 0 aliphatic carbocycles. The van der Waals surface area contributed by atoms with Crippen molar-refractivity contribution in [1.82, 2.24) is 9.97 Å². The van der Waals surface area contributed by atoms with Crippen LogP contribution in [0.3, 0.4) is 0 Å². The lowest BCUT2D eigenvalue weighted by atomic mass is 10.1. The molecule has 4 nitrogen and oxygen atoms in total. The van der Waals surface area contributed by atoms with Gasteiger partial charge in [-0.05, 0) is 30.5 Å². The SMILES string of the molecule is CCCc1cc(=O)[nH]c(NCCc2ccc(F)cc2)n1. The Kier molecular flexibility index (Phi) is 4.87. The number of hydrogen-bond donors (Lipinski definition) is 2. The van der Waals surface area contributed by atoms with E-state index < -0.39 is 0 Å². The molecular weight excluding hydrogens is 257 g/mol. The summed E-state index contributed by atoms with van der Waals surface area (Å²) >= 11 is 0. The zero-order valence-electron chi connectivity index (χ0n) is 11.4. The van der Waals surface area contributed by atoms with Gasteiger partial charge < -0.3 is 5.32 Å². The van der Waals surface area contributed by atoms with Crippen molar-refractivity contribution < 1.29 is 4.39 Å². The van der Waals surface area contributed by atoms with Gasteiger partial charge in [0, 0.05) is 18.3 Å². The summed E-state index contributed by atoms with van der Waals surface area (Å²) in [7, 11) is 0. The van der Waals surface area contributed by atoms with Gasteiger partial charge in [0.05, 0.1) is 0 Å². The average Bonchev–Trinajstić information content (AvgIpc) is 2.41. The maximum Gasteiger partial charge on any atom is 0.252 e. The lowest BCUT2D eigenvalue weighted by molar-refractivity contribution is 0.627. The first-order valence-electron chi connectivity index (χ1n) is 6.76. The Hall–Kier alpha value is -2.17. The molecule has 2 rings (SSSR count). The Labute approximate surface area is 117 Å². The van der Waals surface area contributed by atoms with Gasteiger partial charge in [-0.3, -0.25) is 9.78 Å². The second-order valence-electron chi connectivity index (χ2n) is 4.64. The quantitative estimate of drug-likeness (QED) is 0.851. The number of anilines is 1. The summed E-state index contributed by atoms with van der Waals surface area (Å²) < 4.78 is 12.8. The maximum absolute atomic E-state index is 12.8. The standard InChI is InChI=1S/C15H18FN3O/c1-2-3-13-10-14(20)19-15(18-13)17-9-8-11-4-6-12(16)7-5-11/h4-7,10H,2-3,8-9H2,1H3,(H2,17,18,19,20). The third-order valence-electron chi connectivity index (χ3n) is 2.92. The van der Waals surface area contributed by atoms with E-state index in [1.54, 1.807) is 12.1 Å². The van der Waals surface area contributed by atoms with Gasteiger partial charge >= 0.3 is 0 Å². The molecule has 0 spiro atoms. The molecule has 20 heavy (non-hydrogen) atoms. The van der Waals surface area contributed by atoms with Crippen LogP contribution in [0.5, 0.6) is 0 Å². The highest BCUT2D eigenvalue weighted by Crippen LogP contribution is 2.04. The Bertz CT molecular complexity index is 607. The molecule has 0 atom stereocenters. The molecule has 1 aromatic heterocycles. The first-order valence-corrected chi connectivity index (χ1v) is 6.76. The number of rotatable bonds is 6. The maximum atomic E-state index is 12.8. The van der Waals surface area contributed by atoms with Crippen LogP contribution in [0.4, 0.5) is 10.3 Å². The summed E-state index contributed by atoms with van der Waals surface area (Å²) in [5.74, 6) is 0.253. The van der Waals surface area contributed by atoms with E-state index in [0.717, 1.165) is 30.5 Å². The number of aromatic amines is 1. The van der Waals surface area contributed by atoms with Crippen LogP contribution in [0, 0.1) is 5.82 Å². The summed E-state index contributed by atoms with van der Waals surface area (Å²) in [6.07, 6.45) is 2.48. The van der Waals surface area contributed by atoms with Crippen molar-refractivity contribution in [2.24, 2.45) is 0 Å². The van der Waals surface area contributed by atoms with Gasteiger partial charge in [0.25, 0.3) is 5.56 Å². The molecule has 2 N–H and O–H groups in total. The molecule has 0 fully saturated rings. The number of nitrogens with zero attached hydrogens (tertiary/aromatic N) is 1. The summed E-state index contributed by atoms with van der Waals surface area (Å²) in [4.78, 5) is 18.5. The van der Waals surface area contributed by atoms with E-state index in [9.17, 15) is 9.18 Å². The number of aryl methyl sites for hydroxylation is 1. The number of H-pyrrole nitrogens is 1. The Morgan fingerprint density at radius 2 is 2.00 bits per heavy atom. The van der Waals surface area contributed by atoms with Crippen LogP contribution in [-0.2, 0) is 12.8 Å². The highest BCUT2D eigenvalue weighted by atomic mass is 19.1. The molecule has 0 bridgehead atoms. The van der Waals surface area contributed by atoms with Crippen molar-refractivity contribution in [3.05, 3.63) is 57.8 Å². The van der Waals surface area contributed by atoms with Crippen molar-refractivity contribution in [2.75, 3.05) is 11.9 Å². The lowest BCUT2D eigenvalue weighted by Gasteiger charge is -2.07. The van der Waals surface area contributed by atoms with E-state index in [1.807, 2.05) is 6.92 Å². The molecule has 1 heterocycles. The van der Waals surface area contributed by atoms with Gasteiger partial charge in [-0.1, -0.05) is 25.5 Å². The predicted molar refractivity (Wildman–Crippen MR) is 77.4 cm³/mol. The van der Waals surface area contributed by atoms with Gasteiger partial charge in [-0.25, -0.2) is 9.37 Å². The molecule has 0 aliphatic heterocycles. The van der Waals surface area contributed by atoms with E-state index in [2.05, 4.69) is 15.3 Å². The summed E-state index contributed by atoms with van der Waals surface area (Å²) in [6.45, 7) is 2.68. The molecule has 106 valence electrons. The molecule has 0 unspecified atom stereocenters. The van der Waals surface area contributed by atoms with E-state index in [-0.39, 0.29) is 11.4 Å². The zero-order valence-corrected chi connectivity index (χ0v) is 11.4. The average molecular weight is 275 g/mol. The van der Waals surface area contributed by atoms with Crippen LogP contribution in [0.15, 0.2) is 35.1 Å². The minimum Gasteiger partial charge on any atom is -0.355 e. The van der Waals surface area contributed by atoms with Gasteiger partial charge in [0.15, 0.2) is 0 Å². The smallest absolute Gasteiger partial charge is 0.252 e. The number of benzene rings is 1. The predicted octanol–water partition coefficient (Wildman–Crippen LogP) is 2.52. The first-order chi connectivity index (χ1) is 9.67. The molecule has 5 heteroatoms. The third-order valence-corrected chi connectivity index (χ3v) is 2.92. The summed E-state index contributed by atoms with van der Waals surface area (Å²) in [5, 5.41) is 3.09. The molecule has 0 aliphatic rings. The fraction of sp³-hybridized carbons (Fsp3) is 0.333. The van der Waals surface area contributed by atoms with Gasteiger partial charge in [0.2, 0.25) is 5.95 Å². The van der Waals surface area contributed by atoms with Crippen LogP contribution in [0.2, 0.25) is 0 Å². The molecule has 0 radical (unpaired) electrons. The van der Waals surface area contributed by atoms with Crippen molar-refractivity contribution in [1.29, 1.82) is 0 Å². The van der Waals surface area contributed by atoms with E-state index >= 15 is 0 Å². The fourth-order valence-corrected chi connectivity index (χ4v) is 1.95. The van der Waals surface area contributed by atoms with Crippen molar-refractivity contribution >= 4 is 5.95 Å². The van der Waals surface area contributed by atoms with Crippen LogP contribution in [0.1, 0.15) is 24.6 Å². The normalized spacial score (nSPS) is 10.5. The third kappa shape index (κ3) is 4.19. The van der Waals surface area contributed by atoms with Crippen molar-refractivity contribution in [3.63, 3.8) is 0 Å². The van der Waals surface area contributed by atoms with Crippen molar-refractivity contribution in [2.45, 2.75) is 26.2 Å². The Morgan fingerprint density at radius 1 is 1.25 bits per heavy atom. The van der Waals surface area contributed by atoms with Crippen LogP contribution in [-0.4, -0.2) is 16.5 Å². The number of nitrogens with one attached hydrogen (secondary N) is 2. The number of halogens is 1. The monoisotopic (exact) mass is 275 g/mol. The van der Waals surface area contributed by atoms with Gasteiger partial charge in [-0.15, -0.1) is 0 Å². The minimum atomic E-state index is -0.236. The van der Waals surface area contributed by atoms with Crippen LogP contribution >= 0.6 is 0 Å². The van der Waals surface area contributed by atoms with Gasteiger partial charge in [0.1, 0.15) is 5.82 Å². The zero-order chi connectivity index (χ0) is 14.4. The topological polar surface area (TPSA) is 57.8 Å². The van der Waals surface area contributed by atoms with E-state index in [1.165, 1.54) is 18.2 Å². The molecule has 0 amide bonds. The van der Waals surface area contributed by atoms with Crippen LogP contribution < -0.4 is 10.9 Å². The Morgan fingerprint density at radius 3 is 2.70 bits per heavy atom. The largest absolute Gasteiger partial charge is 0.355 e. The first kappa shape index (κ1) is 14.2. The molecule has 2 aromatic rings. The number of aromatic nitrogens is 2. The number of hydrogen-bond acceptors (Lipinski definition) is 3. The lowest BCUT2D eigenvalue weighted by Crippen LogP contribution is -2.15. The van der Waals surface area contributed by atoms with Gasteiger partial charge in [-0.2, -0.15) is 0 Å². The Balaban J connectivity index is 1.93. The highest BCUT2D eigenvalue weighted by molar-refractivity contribution is 5.26.